The number of aliphatic hydroxyl groups excluding tert-OH is 1. The topological polar surface area (TPSA) is 100 Å². The smallest absolute Gasteiger partial charge is 0.320 e. The number of aromatic nitrogens is 1. The molecule has 2 N–H and O–H groups in total. The van der Waals surface area contributed by atoms with E-state index in [2.05, 4.69) is 10.5 Å². The normalized spacial score (nSPS) is 33.3. The van der Waals surface area contributed by atoms with E-state index in [1.54, 1.807) is 16.8 Å². The maximum Gasteiger partial charge on any atom is 0.320 e. The lowest BCUT2D eigenvalue weighted by atomic mass is 9.65. The number of nitrogens with one attached hydrogen (secondary N) is 1. The number of likely N-dealkylation sites (N-methyl/N-ethyl adjacent to an activating group) is 1. The van der Waals surface area contributed by atoms with Gasteiger partial charge < -0.3 is 28.9 Å². The molecule has 1 aromatic carbocycles. The van der Waals surface area contributed by atoms with Crippen molar-refractivity contribution in [2.24, 2.45) is 29.6 Å². The molecule has 7 rings (SSSR count). The number of hydrogen-bond acceptors (Lipinski definition) is 8. The van der Waals surface area contributed by atoms with Crippen molar-refractivity contribution in [3.8, 4) is 5.88 Å². The molecule has 4 aliphatic carbocycles. The van der Waals surface area contributed by atoms with Crippen LogP contribution in [-0.4, -0.2) is 78.1 Å². The van der Waals surface area contributed by atoms with E-state index in [0.717, 1.165) is 41.4 Å². The highest BCUT2D eigenvalue weighted by atomic mass is 32.2. The van der Waals surface area contributed by atoms with Gasteiger partial charge in [0.05, 0.1) is 19.8 Å². The average molecular weight is 541 g/mol. The second-order valence-electron chi connectivity index (χ2n) is 11.7. The largest absolute Gasteiger partial charge is 0.473 e. The number of urea groups is 1. The van der Waals surface area contributed by atoms with Crippen LogP contribution >= 0.6 is 11.8 Å². The van der Waals surface area contributed by atoms with Crippen molar-refractivity contribution in [3.05, 3.63) is 36.1 Å². The van der Waals surface area contributed by atoms with E-state index >= 15 is 0 Å². The van der Waals surface area contributed by atoms with Crippen LogP contribution in [-0.2, 0) is 4.74 Å². The highest BCUT2D eigenvalue weighted by Crippen LogP contribution is 2.74. The Labute approximate surface area is 227 Å². The average Bonchev–Trinajstić information content (AvgIpc) is 3.72. The van der Waals surface area contributed by atoms with Gasteiger partial charge in [-0.15, -0.1) is 0 Å². The summed E-state index contributed by atoms with van der Waals surface area (Å²) >= 11 is 1.48. The van der Waals surface area contributed by atoms with Crippen molar-refractivity contribution in [2.75, 3.05) is 46.5 Å². The van der Waals surface area contributed by atoms with Gasteiger partial charge in [0, 0.05) is 30.6 Å². The molecule has 1 aromatic heterocycles. The lowest BCUT2D eigenvalue weighted by molar-refractivity contribution is 0.00937. The maximum atomic E-state index is 12.7. The molecule has 0 spiro atoms. The van der Waals surface area contributed by atoms with Crippen LogP contribution in [0.5, 0.6) is 5.88 Å². The van der Waals surface area contributed by atoms with E-state index in [9.17, 15) is 9.90 Å². The molecule has 204 valence electrons. The fraction of sp³-hybridized carbons (Fsp3) is 0.643. The molecular weight excluding hydrogens is 504 g/mol. The Morgan fingerprint density at radius 2 is 1.97 bits per heavy atom. The van der Waals surface area contributed by atoms with Crippen LogP contribution in [0.15, 0.2) is 44.6 Å². The van der Waals surface area contributed by atoms with E-state index in [0.29, 0.717) is 55.3 Å². The number of ether oxygens (including phenoxy) is 2. The number of nitrogens with zero attached hydrogens (tertiary/aromatic N) is 3. The van der Waals surface area contributed by atoms with E-state index in [-0.39, 0.29) is 18.2 Å². The quantitative estimate of drug-likeness (QED) is 0.466. The maximum absolute atomic E-state index is 12.7. The van der Waals surface area contributed by atoms with Crippen LogP contribution in [0, 0.1) is 29.6 Å². The molecule has 4 saturated carbocycles. The highest BCUT2D eigenvalue weighted by Gasteiger charge is 2.72. The summed E-state index contributed by atoms with van der Waals surface area (Å²) in [6.45, 7) is 3.02. The zero-order valence-corrected chi connectivity index (χ0v) is 22.6. The van der Waals surface area contributed by atoms with Crippen molar-refractivity contribution >= 4 is 17.8 Å². The molecule has 38 heavy (non-hydrogen) atoms. The summed E-state index contributed by atoms with van der Waals surface area (Å²) in [5.74, 6) is 4.75. The third-order valence-electron chi connectivity index (χ3n) is 9.67. The predicted molar refractivity (Wildman–Crippen MR) is 140 cm³/mol. The van der Waals surface area contributed by atoms with Gasteiger partial charge in [0.2, 0.25) is 0 Å². The van der Waals surface area contributed by atoms with Gasteiger partial charge in [-0.1, -0.05) is 30.0 Å². The Kier molecular flexibility index (Phi) is 6.34. The third-order valence-corrected chi connectivity index (χ3v) is 10.8. The van der Waals surface area contributed by atoms with Crippen LogP contribution in [0.25, 0.3) is 0 Å². The lowest BCUT2D eigenvalue weighted by Gasteiger charge is -2.47. The Balaban J connectivity index is 1.05. The SMILES string of the molecule is CN(CCOc1noc(C(O)NC23CC4CC5CC(C2)C4C53)c1Sc1ccccc1)C(=O)N1CCOCC1. The zero-order valence-electron chi connectivity index (χ0n) is 21.8. The molecule has 2 amide bonds. The third kappa shape index (κ3) is 4.11. The Morgan fingerprint density at radius 3 is 2.66 bits per heavy atom. The lowest BCUT2D eigenvalue weighted by Crippen LogP contribution is -2.54. The summed E-state index contributed by atoms with van der Waals surface area (Å²) < 4.78 is 17.1. The van der Waals surface area contributed by atoms with Crippen LogP contribution in [0.2, 0.25) is 0 Å². The van der Waals surface area contributed by atoms with Crippen LogP contribution in [0.3, 0.4) is 0 Å². The first-order valence-corrected chi connectivity index (χ1v) is 14.7. The van der Waals surface area contributed by atoms with Crippen molar-refractivity contribution < 1.29 is 23.9 Å². The summed E-state index contributed by atoms with van der Waals surface area (Å²) in [4.78, 5) is 17.8. The number of hydrogen-bond donors (Lipinski definition) is 2. The first-order chi connectivity index (χ1) is 18.5. The standard InChI is InChI=1S/C28H36N4O5S/c1-31(27(34)32-8-10-35-11-9-32)7-12-36-26-24(38-20-5-3-2-4-6-20)23(37-30-26)25(33)29-28-15-18-13-17-14-19(16-28)21(18)22(17)28/h2-6,17-19,21-22,25,29,33H,7-16H2,1H3. The minimum Gasteiger partial charge on any atom is -0.473 e. The van der Waals surface area contributed by atoms with Crippen LogP contribution in [0.1, 0.15) is 37.7 Å². The van der Waals surface area contributed by atoms with Crippen molar-refractivity contribution in [1.29, 1.82) is 0 Å². The Hall–Kier alpha value is -2.27. The molecule has 1 aliphatic heterocycles. The number of amides is 2. The van der Waals surface area contributed by atoms with E-state index in [1.165, 1.54) is 24.6 Å². The molecule has 1 saturated heterocycles. The second kappa shape index (κ2) is 9.73. The number of morpholine rings is 1. The van der Waals surface area contributed by atoms with Gasteiger partial charge in [-0.3, -0.25) is 5.32 Å². The molecule has 5 aliphatic rings. The van der Waals surface area contributed by atoms with Gasteiger partial charge in [0.15, 0.2) is 12.0 Å². The molecule has 10 heteroatoms. The van der Waals surface area contributed by atoms with Gasteiger partial charge in [0.1, 0.15) is 11.5 Å². The molecule has 4 atom stereocenters. The first-order valence-electron chi connectivity index (χ1n) is 13.9. The van der Waals surface area contributed by atoms with Crippen molar-refractivity contribution in [3.63, 3.8) is 0 Å². The monoisotopic (exact) mass is 540 g/mol. The summed E-state index contributed by atoms with van der Waals surface area (Å²) in [5, 5.41) is 19.3. The fourth-order valence-electron chi connectivity index (χ4n) is 8.48. The molecule has 2 aromatic rings. The van der Waals surface area contributed by atoms with Crippen LogP contribution < -0.4 is 10.1 Å². The molecular formula is C28H36N4O5S. The number of benzene rings is 1. The number of aliphatic hydroxyl groups is 1. The summed E-state index contributed by atoms with van der Waals surface area (Å²) in [6, 6.07) is 9.94. The van der Waals surface area contributed by atoms with Crippen molar-refractivity contribution in [2.45, 2.75) is 47.2 Å². The summed E-state index contributed by atoms with van der Waals surface area (Å²) in [5.41, 5.74) is 0.0195. The number of rotatable bonds is 9. The first kappa shape index (κ1) is 24.7. The molecule has 9 nitrogen and oxygen atoms in total. The summed E-state index contributed by atoms with van der Waals surface area (Å²) in [6.07, 6.45) is 4.13. The van der Waals surface area contributed by atoms with Gasteiger partial charge in [-0.25, -0.2) is 4.79 Å². The van der Waals surface area contributed by atoms with E-state index in [4.69, 9.17) is 14.0 Å². The van der Waals surface area contributed by atoms with Gasteiger partial charge in [-0.2, -0.15) is 0 Å². The molecule has 5 fully saturated rings. The van der Waals surface area contributed by atoms with Crippen molar-refractivity contribution in [1.82, 2.24) is 20.3 Å². The predicted octanol–water partition coefficient (Wildman–Crippen LogP) is 3.60. The van der Waals surface area contributed by atoms with E-state index < -0.39 is 6.23 Å². The number of carbonyl (C=O) groups is 1. The number of carbonyl (C=O) groups excluding carboxylic acids is 1. The molecule has 6 bridgehead atoms. The van der Waals surface area contributed by atoms with Gasteiger partial charge >= 0.3 is 6.03 Å². The Bertz CT molecular complexity index is 1160. The zero-order chi connectivity index (χ0) is 25.9. The van der Waals surface area contributed by atoms with Crippen LogP contribution in [0.4, 0.5) is 4.79 Å². The fourth-order valence-corrected chi connectivity index (χ4v) is 9.45. The summed E-state index contributed by atoms with van der Waals surface area (Å²) in [7, 11) is 1.77. The van der Waals surface area contributed by atoms with Gasteiger partial charge in [-0.05, 0) is 72.6 Å². The molecule has 2 heterocycles. The molecule has 0 radical (unpaired) electrons. The minimum absolute atomic E-state index is 0.0195. The second-order valence-corrected chi connectivity index (χ2v) is 12.8. The Morgan fingerprint density at radius 1 is 1.24 bits per heavy atom. The van der Waals surface area contributed by atoms with E-state index in [1.807, 2.05) is 30.3 Å². The minimum atomic E-state index is -0.950. The molecule has 4 unspecified atom stereocenters. The highest BCUT2D eigenvalue weighted by molar-refractivity contribution is 7.99. The van der Waals surface area contributed by atoms with Gasteiger partial charge in [0.25, 0.3) is 5.88 Å².